The number of aliphatic carboxylic acids is 1. The van der Waals surface area contributed by atoms with Gasteiger partial charge in [-0.2, -0.15) is 0 Å². The molecule has 0 aliphatic carbocycles. The van der Waals surface area contributed by atoms with Crippen LogP contribution in [0.25, 0.3) is 0 Å². The average Bonchev–Trinajstić information content (AvgIpc) is 2.88. The standard InChI is InChI=1S/C15H18N2O3S/c1-9-17(13(8-21-9)15(19)20)14(18)12-7-16-6-10-4-2-3-5-11(10)12/h2-5,9,12-13,16H,6-8H2,1H3,(H,19,20). The summed E-state index contributed by atoms with van der Waals surface area (Å²) >= 11 is 1.52. The number of hydrogen-bond donors (Lipinski definition) is 2. The lowest BCUT2D eigenvalue weighted by atomic mass is 9.89. The van der Waals surface area contributed by atoms with Gasteiger partial charge >= 0.3 is 5.97 Å². The molecule has 3 unspecified atom stereocenters. The Morgan fingerprint density at radius 2 is 2.14 bits per heavy atom. The molecular weight excluding hydrogens is 288 g/mol. The number of carbonyl (C=O) groups is 2. The van der Waals surface area contributed by atoms with Crippen LogP contribution >= 0.6 is 11.8 Å². The first kappa shape index (κ1) is 14.4. The van der Waals surface area contributed by atoms with Crippen molar-refractivity contribution >= 4 is 23.6 Å². The molecule has 0 bridgehead atoms. The Hall–Kier alpha value is -1.53. The van der Waals surface area contributed by atoms with E-state index in [1.807, 2.05) is 31.2 Å². The topological polar surface area (TPSA) is 69.6 Å². The summed E-state index contributed by atoms with van der Waals surface area (Å²) in [6.45, 7) is 3.22. The van der Waals surface area contributed by atoms with Gasteiger partial charge in [-0.3, -0.25) is 4.79 Å². The second-order valence-corrected chi connectivity index (χ2v) is 6.76. The maximum Gasteiger partial charge on any atom is 0.327 e. The largest absolute Gasteiger partial charge is 0.480 e. The molecular formula is C15H18N2O3S. The summed E-state index contributed by atoms with van der Waals surface area (Å²) in [6.07, 6.45) is 0. The van der Waals surface area contributed by atoms with Gasteiger partial charge in [-0.05, 0) is 18.1 Å². The minimum absolute atomic E-state index is 0.0837. The van der Waals surface area contributed by atoms with Crippen molar-refractivity contribution in [1.82, 2.24) is 10.2 Å². The van der Waals surface area contributed by atoms with Crippen LogP contribution in [0, 0.1) is 0 Å². The van der Waals surface area contributed by atoms with E-state index < -0.39 is 12.0 Å². The fraction of sp³-hybridized carbons (Fsp3) is 0.467. The molecule has 3 rings (SSSR count). The van der Waals surface area contributed by atoms with Gasteiger partial charge in [0.25, 0.3) is 0 Å². The van der Waals surface area contributed by atoms with E-state index in [9.17, 15) is 14.7 Å². The van der Waals surface area contributed by atoms with Crippen LogP contribution in [0.2, 0.25) is 0 Å². The molecule has 21 heavy (non-hydrogen) atoms. The molecule has 112 valence electrons. The Kier molecular flexibility index (Phi) is 3.91. The highest BCUT2D eigenvalue weighted by Gasteiger charge is 2.42. The van der Waals surface area contributed by atoms with Gasteiger partial charge in [0.15, 0.2) is 0 Å². The summed E-state index contributed by atoms with van der Waals surface area (Å²) in [7, 11) is 0. The molecule has 3 atom stereocenters. The van der Waals surface area contributed by atoms with Gasteiger partial charge in [0, 0.05) is 18.8 Å². The Bertz CT molecular complexity index is 578. The molecule has 1 fully saturated rings. The van der Waals surface area contributed by atoms with Crippen molar-refractivity contribution in [2.75, 3.05) is 12.3 Å². The number of thioether (sulfide) groups is 1. The SMILES string of the molecule is CC1SCC(C(=O)O)N1C(=O)C1CNCc2ccccc21. The number of fused-ring (bicyclic) bond motifs is 1. The van der Waals surface area contributed by atoms with Crippen molar-refractivity contribution in [3.8, 4) is 0 Å². The van der Waals surface area contributed by atoms with Gasteiger partial charge in [0.05, 0.1) is 11.3 Å². The summed E-state index contributed by atoms with van der Waals surface area (Å²) < 4.78 is 0. The number of rotatable bonds is 2. The van der Waals surface area contributed by atoms with E-state index in [0.29, 0.717) is 12.3 Å². The zero-order valence-electron chi connectivity index (χ0n) is 11.8. The third-order valence-corrected chi connectivity index (χ3v) is 5.37. The molecule has 1 saturated heterocycles. The van der Waals surface area contributed by atoms with Crippen molar-refractivity contribution in [1.29, 1.82) is 0 Å². The number of carbonyl (C=O) groups excluding carboxylic acids is 1. The molecule has 6 heteroatoms. The van der Waals surface area contributed by atoms with Crippen LogP contribution in [-0.2, 0) is 16.1 Å². The number of nitrogens with one attached hydrogen (secondary N) is 1. The maximum atomic E-state index is 12.9. The van der Waals surface area contributed by atoms with Gasteiger partial charge in [-0.15, -0.1) is 11.8 Å². The Labute approximate surface area is 127 Å². The fourth-order valence-corrected chi connectivity index (χ4v) is 4.24. The Balaban J connectivity index is 1.90. The van der Waals surface area contributed by atoms with E-state index in [1.54, 1.807) is 4.90 Å². The lowest BCUT2D eigenvalue weighted by Gasteiger charge is -2.32. The van der Waals surface area contributed by atoms with Crippen LogP contribution in [0.5, 0.6) is 0 Å². The molecule has 5 nitrogen and oxygen atoms in total. The number of nitrogens with zero attached hydrogens (tertiary/aromatic N) is 1. The molecule has 1 amide bonds. The van der Waals surface area contributed by atoms with Crippen LogP contribution in [0.1, 0.15) is 24.0 Å². The van der Waals surface area contributed by atoms with Crippen LogP contribution < -0.4 is 5.32 Å². The van der Waals surface area contributed by atoms with Gasteiger partial charge < -0.3 is 15.3 Å². The third kappa shape index (κ3) is 2.53. The van der Waals surface area contributed by atoms with E-state index in [1.165, 1.54) is 11.8 Å². The minimum atomic E-state index is -0.919. The third-order valence-electron chi connectivity index (χ3n) is 4.15. The van der Waals surface area contributed by atoms with Crippen molar-refractivity contribution in [2.24, 2.45) is 0 Å². The van der Waals surface area contributed by atoms with E-state index in [-0.39, 0.29) is 17.2 Å². The summed E-state index contributed by atoms with van der Waals surface area (Å²) in [5.41, 5.74) is 2.14. The zero-order valence-corrected chi connectivity index (χ0v) is 12.6. The van der Waals surface area contributed by atoms with Crippen LogP contribution in [0.15, 0.2) is 24.3 Å². The molecule has 1 aromatic carbocycles. The van der Waals surface area contributed by atoms with E-state index in [2.05, 4.69) is 5.32 Å². The lowest BCUT2D eigenvalue weighted by molar-refractivity contribution is -0.149. The van der Waals surface area contributed by atoms with Gasteiger partial charge in [0.2, 0.25) is 5.91 Å². The monoisotopic (exact) mass is 306 g/mol. The maximum absolute atomic E-state index is 12.9. The zero-order chi connectivity index (χ0) is 15.0. The predicted octanol–water partition coefficient (Wildman–Crippen LogP) is 1.25. The summed E-state index contributed by atoms with van der Waals surface area (Å²) in [5.74, 6) is -0.834. The summed E-state index contributed by atoms with van der Waals surface area (Å²) in [5, 5.41) is 12.5. The number of carboxylic acid groups (broad SMARTS) is 1. The average molecular weight is 306 g/mol. The Morgan fingerprint density at radius 3 is 2.90 bits per heavy atom. The van der Waals surface area contributed by atoms with Crippen molar-refractivity contribution in [2.45, 2.75) is 30.8 Å². The number of hydrogen-bond acceptors (Lipinski definition) is 4. The number of amides is 1. The second kappa shape index (κ2) is 5.69. The quantitative estimate of drug-likeness (QED) is 0.860. The normalized spacial score (nSPS) is 28.2. The Morgan fingerprint density at radius 1 is 1.38 bits per heavy atom. The first-order chi connectivity index (χ1) is 10.1. The minimum Gasteiger partial charge on any atom is -0.480 e. The van der Waals surface area contributed by atoms with Crippen molar-refractivity contribution in [3.05, 3.63) is 35.4 Å². The van der Waals surface area contributed by atoms with E-state index in [4.69, 9.17) is 0 Å². The predicted molar refractivity (Wildman–Crippen MR) is 81.1 cm³/mol. The fourth-order valence-electron chi connectivity index (χ4n) is 3.06. The highest BCUT2D eigenvalue weighted by Crippen LogP contribution is 2.34. The van der Waals surface area contributed by atoms with Crippen molar-refractivity contribution in [3.63, 3.8) is 0 Å². The van der Waals surface area contributed by atoms with Crippen LogP contribution in [0.3, 0.4) is 0 Å². The summed E-state index contributed by atoms with van der Waals surface area (Å²) in [6, 6.07) is 7.16. The molecule has 0 radical (unpaired) electrons. The van der Waals surface area contributed by atoms with Gasteiger partial charge in [-0.25, -0.2) is 4.79 Å². The number of carboxylic acids is 1. The molecule has 2 aliphatic heterocycles. The molecule has 2 N–H and O–H groups in total. The highest BCUT2D eigenvalue weighted by molar-refractivity contribution is 8.00. The smallest absolute Gasteiger partial charge is 0.327 e. The first-order valence-corrected chi connectivity index (χ1v) is 8.09. The van der Waals surface area contributed by atoms with Crippen LogP contribution in [-0.4, -0.2) is 45.6 Å². The molecule has 2 heterocycles. The molecule has 1 aromatic rings. The molecule has 0 aromatic heterocycles. The van der Waals surface area contributed by atoms with Crippen molar-refractivity contribution < 1.29 is 14.7 Å². The van der Waals surface area contributed by atoms with Gasteiger partial charge in [-0.1, -0.05) is 24.3 Å². The second-order valence-electron chi connectivity index (χ2n) is 5.41. The van der Waals surface area contributed by atoms with Gasteiger partial charge in [0.1, 0.15) is 6.04 Å². The number of benzene rings is 1. The molecule has 0 spiro atoms. The van der Waals surface area contributed by atoms with E-state index in [0.717, 1.165) is 17.7 Å². The van der Waals surface area contributed by atoms with E-state index >= 15 is 0 Å². The van der Waals surface area contributed by atoms with Crippen LogP contribution in [0.4, 0.5) is 0 Å². The molecule has 2 aliphatic rings. The highest BCUT2D eigenvalue weighted by atomic mass is 32.2. The molecule has 0 saturated carbocycles. The first-order valence-electron chi connectivity index (χ1n) is 7.04. The summed E-state index contributed by atoms with van der Waals surface area (Å²) in [4.78, 5) is 25.8. The lowest BCUT2D eigenvalue weighted by Crippen LogP contribution is -2.49.